The van der Waals surface area contributed by atoms with Crippen LogP contribution in [-0.2, 0) is 19.1 Å². The fourth-order valence-electron chi connectivity index (χ4n) is 7.51. The van der Waals surface area contributed by atoms with Gasteiger partial charge in [-0.2, -0.15) is 0 Å². The second-order valence-corrected chi connectivity index (χ2v) is 10.3. The Labute approximate surface area is 177 Å². The van der Waals surface area contributed by atoms with Crippen molar-refractivity contribution in [3.63, 3.8) is 0 Å². The molecule has 7 unspecified atom stereocenters. The lowest BCUT2D eigenvalue weighted by atomic mass is 9.46. The summed E-state index contributed by atoms with van der Waals surface area (Å²) < 4.78 is 5.00. The fourth-order valence-corrected chi connectivity index (χ4v) is 7.58. The minimum atomic E-state index is -0.574. The van der Waals surface area contributed by atoms with Gasteiger partial charge < -0.3 is 9.84 Å². The van der Waals surface area contributed by atoms with Gasteiger partial charge in [0, 0.05) is 12.3 Å². The molecule has 0 heterocycles. The molecule has 3 saturated carbocycles. The average Bonchev–Trinajstić information content (AvgIpc) is 3.02. The van der Waals surface area contributed by atoms with E-state index in [9.17, 15) is 19.5 Å². The zero-order valence-corrected chi connectivity index (χ0v) is 18.0. The number of rotatable bonds is 4. The Bertz CT molecular complexity index is 760. The topological polar surface area (TPSA) is 80.7 Å². The monoisotopic (exact) mass is 422 g/mol. The van der Waals surface area contributed by atoms with Gasteiger partial charge in [0.25, 0.3) is 0 Å². The first-order valence-corrected chi connectivity index (χ1v) is 11.4. The summed E-state index contributed by atoms with van der Waals surface area (Å²) in [7, 11) is 0. The molecule has 0 aromatic heterocycles. The van der Waals surface area contributed by atoms with Crippen LogP contribution in [0.1, 0.15) is 58.8 Å². The minimum Gasteiger partial charge on any atom is -0.457 e. The molecule has 4 aliphatic rings. The number of halogens is 1. The van der Waals surface area contributed by atoms with Crippen LogP contribution in [-0.4, -0.2) is 41.2 Å². The number of ketones is 2. The Hall–Kier alpha value is -1.20. The number of aliphatic hydroxyl groups excluding tert-OH is 1. The lowest BCUT2D eigenvalue weighted by Crippen LogP contribution is -2.57. The van der Waals surface area contributed by atoms with Crippen LogP contribution in [0.5, 0.6) is 0 Å². The van der Waals surface area contributed by atoms with Crippen molar-refractivity contribution >= 4 is 29.1 Å². The molecule has 29 heavy (non-hydrogen) atoms. The molecule has 0 spiro atoms. The van der Waals surface area contributed by atoms with Crippen molar-refractivity contribution < 1.29 is 24.2 Å². The van der Waals surface area contributed by atoms with Crippen LogP contribution in [0.15, 0.2) is 11.6 Å². The highest BCUT2D eigenvalue weighted by molar-refractivity contribution is 6.26. The zero-order valence-electron chi connectivity index (χ0n) is 17.3. The van der Waals surface area contributed by atoms with E-state index in [1.165, 1.54) is 5.57 Å². The summed E-state index contributed by atoms with van der Waals surface area (Å²) in [6.07, 6.45) is 6.96. The predicted molar refractivity (Wildman–Crippen MR) is 108 cm³/mol. The Morgan fingerprint density at radius 1 is 1.24 bits per heavy atom. The molecule has 160 valence electrons. The van der Waals surface area contributed by atoms with Crippen LogP contribution in [0.4, 0.5) is 0 Å². The number of carbonyl (C=O) groups is 3. The third-order valence-corrected chi connectivity index (χ3v) is 8.98. The lowest BCUT2D eigenvalue weighted by molar-refractivity contribution is -0.153. The van der Waals surface area contributed by atoms with Gasteiger partial charge in [-0.15, -0.1) is 11.6 Å². The van der Waals surface area contributed by atoms with Gasteiger partial charge in [-0.25, -0.2) is 0 Å². The van der Waals surface area contributed by atoms with Gasteiger partial charge in [-0.3, -0.25) is 14.4 Å². The number of carbonyl (C=O) groups excluding carboxylic acids is 3. The molecule has 0 radical (unpaired) electrons. The van der Waals surface area contributed by atoms with Crippen LogP contribution in [0.25, 0.3) is 0 Å². The van der Waals surface area contributed by atoms with E-state index in [0.717, 1.165) is 32.1 Å². The minimum absolute atomic E-state index is 0.0509. The first kappa shape index (κ1) is 21.0. The van der Waals surface area contributed by atoms with Crippen LogP contribution >= 0.6 is 11.6 Å². The molecule has 1 N–H and O–H groups in total. The molecule has 0 aromatic carbocycles. The Balaban J connectivity index is 1.57. The Morgan fingerprint density at radius 3 is 2.72 bits per heavy atom. The van der Waals surface area contributed by atoms with E-state index < -0.39 is 12.1 Å². The molecule has 7 atom stereocenters. The average molecular weight is 423 g/mol. The highest BCUT2D eigenvalue weighted by atomic mass is 35.5. The standard InChI is InChI=1S/C23H31ClO5/c1-22-8-7-14(25)9-13(22)3-4-15-16-5-6-17(19(27)12-29-20(28)11-24)23(16,2)10-18(26)21(15)22/h9,15-18,21,26H,3-8,10-12H2,1-2H3. The number of allylic oxidation sites excluding steroid dienone is 1. The molecular weight excluding hydrogens is 392 g/mol. The molecular formula is C23H31ClO5. The molecule has 0 saturated heterocycles. The number of aliphatic hydroxyl groups is 1. The molecule has 0 amide bonds. The largest absolute Gasteiger partial charge is 0.457 e. The van der Waals surface area contributed by atoms with Crippen molar-refractivity contribution in [1.29, 1.82) is 0 Å². The summed E-state index contributed by atoms with van der Waals surface area (Å²) in [5, 5.41) is 11.3. The van der Waals surface area contributed by atoms with Crippen molar-refractivity contribution in [1.82, 2.24) is 0 Å². The summed E-state index contributed by atoms with van der Waals surface area (Å²) in [5.74, 6) is 0.0355. The summed E-state index contributed by atoms with van der Waals surface area (Å²) in [5.41, 5.74) is 0.833. The second kappa shape index (κ2) is 7.49. The molecule has 0 aromatic rings. The van der Waals surface area contributed by atoms with Crippen LogP contribution < -0.4 is 0 Å². The molecule has 0 bridgehead atoms. The smallest absolute Gasteiger partial charge is 0.321 e. The van der Waals surface area contributed by atoms with Gasteiger partial charge in [-0.1, -0.05) is 19.4 Å². The number of esters is 1. The second-order valence-electron chi connectivity index (χ2n) is 10.1. The van der Waals surface area contributed by atoms with Gasteiger partial charge in [0.1, 0.15) is 12.5 Å². The van der Waals surface area contributed by atoms with E-state index in [1.54, 1.807) is 0 Å². The van der Waals surface area contributed by atoms with E-state index in [0.29, 0.717) is 24.7 Å². The van der Waals surface area contributed by atoms with Gasteiger partial charge in [0.05, 0.1) is 6.10 Å². The molecule has 3 fully saturated rings. The van der Waals surface area contributed by atoms with Gasteiger partial charge in [-0.05, 0) is 73.2 Å². The third-order valence-electron chi connectivity index (χ3n) is 8.77. The van der Waals surface area contributed by atoms with Gasteiger partial charge in [0.2, 0.25) is 0 Å². The first-order chi connectivity index (χ1) is 13.7. The number of Topliss-reactive ketones (excluding diaryl/α,β-unsaturated/α-hetero) is 1. The predicted octanol–water partition coefficient (Wildman–Crippen LogP) is 3.46. The van der Waals surface area contributed by atoms with Crippen molar-refractivity contribution in [2.75, 3.05) is 12.5 Å². The lowest BCUT2D eigenvalue weighted by Gasteiger charge is -2.59. The van der Waals surface area contributed by atoms with Crippen LogP contribution in [0, 0.1) is 34.5 Å². The van der Waals surface area contributed by atoms with E-state index in [4.69, 9.17) is 16.3 Å². The summed E-state index contributed by atoms with van der Waals surface area (Å²) in [6.45, 7) is 4.15. The highest BCUT2D eigenvalue weighted by Gasteiger charge is 2.62. The van der Waals surface area contributed by atoms with Crippen LogP contribution in [0.2, 0.25) is 0 Å². The Kier molecular flexibility index (Phi) is 5.44. The fraction of sp³-hybridized carbons (Fsp3) is 0.783. The number of fused-ring (bicyclic) bond motifs is 5. The van der Waals surface area contributed by atoms with Gasteiger partial charge >= 0.3 is 5.97 Å². The molecule has 6 heteroatoms. The summed E-state index contributed by atoms with van der Waals surface area (Å²) in [6, 6.07) is 0. The summed E-state index contributed by atoms with van der Waals surface area (Å²) >= 11 is 5.46. The van der Waals surface area contributed by atoms with E-state index >= 15 is 0 Å². The van der Waals surface area contributed by atoms with Crippen molar-refractivity contribution in [3.8, 4) is 0 Å². The number of hydrogen-bond acceptors (Lipinski definition) is 5. The highest BCUT2D eigenvalue weighted by Crippen LogP contribution is 2.66. The van der Waals surface area contributed by atoms with Gasteiger partial charge in [0.15, 0.2) is 11.6 Å². The molecule has 5 nitrogen and oxygen atoms in total. The van der Waals surface area contributed by atoms with Crippen molar-refractivity contribution in [2.45, 2.75) is 64.9 Å². The molecule has 4 aliphatic carbocycles. The summed E-state index contributed by atoms with van der Waals surface area (Å²) in [4.78, 5) is 36.2. The normalized spacial score (nSPS) is 43.7. The number of alkyl halides is 1. The van der Waals surface area contributed by atoms with Crippen LogP contribution in [0.3, 0.4) is 0 Å². The SMILES string of the molecule is CC12CCC(=O)C=C1CCC1C2C(O)CC2(C)C(C(=O)COC(=O)CCl)CCC12. The first-order valence-electron chi connectivity index (χ1n) is 10.9. The van der Waals surface area contributed by atoms with Crippen molar-refractivity contribution in [2.24, 2.45) is 34.5 Å². The third kappa shape index (κ3) is 3.29. The van der Waals surface area contributed by atoms with E-state index in [1.807, 2.05) is 6.08 Å². The van der Waals surface area contributed by atoms with E-state index in [-0.39, 0.29) is 46.7 Å². The number of ether oxygens (including phenoxy) is 1. The molecule has 4 rings (SSSR count). The molecule has 0 aliphatic heterocycles. The maximum Gasteiger partial charge on any atom is 0.321 e. The van der Waals surface area contributed by atoms with Crippen molar-refractivity contribution in [3.05, 3.63) is 11.6 Å². The number of hydrogen-bond donors (Lipinski definition) is 1. The van der Waals surface area contributed by atoms with E-state index in [2.05, 4.69) is 13.8 Å². The maximum atomic E-state index is 12.9. The zero-order chi connectivity index (χ0) is 21.0. The Morgan fingerprint density at radius 2 is 2.00 bits per heavy atom. The maximum absolute atomic E-state index is 12.9. The quantitative estimate of drug-likeness (QED) is 0.554.